The molecule has 1 fully saturated rings. The maximum Gasteiger partial charge on any atom is 0.329 e. The molecule has 3 aromatic rings. The quantitative estimate of drug-likeness (QED) is 0.167. The Morgan fingerprint density at radius 2 is 1.82 bits per heavy atom. The van der Waals surface area contributed by atoms with Crippen LogP contribution in [0.3, 0.4) is 0 Å². The lowest BCUT2D eigenvalue weighted by molar-refractivity contribution is -0.127. The molecule has 1 aliphatic heterocycles. The third-order valence-electron chi connectivity index (χ3n) is 5.50. The van der Waals surface area contributed by atoms with Crippen molar-refractivity contribution >= 4 is 74.8 Å². The van der Waals surface area contributed by atoms with Gasteiger partial charge in [-0.3, -0.25) is 9.59 Å². The van der Waals surface area contributed by atoms with Crippen LogP contribution in [0.1, 0.15) is 23.6 Å². The number of hydrogen-bond acceptors (Lipinski definition) is 5. The largest absolute Gasteiger partial charge is 0.490 e. The normalized spacial score (nSPS) is 14.0. The summed E-state index contributed by atoms with van der Waals surface area (Å²) in [5.74, 6) is 0.0804. The summed E-state index contributed by atoms with van der Waals surface area (Å²) in [7, 11) is 0. The molecule has 0 unspecified atom stereocenters. The van der Waals surface area contributed by atoms with Crippen molar-refractivity contribution in [2.75, 3.05) is 18.5 Å². The molecule has 1 aliphatic rings. The number of urea groups is 1. The van der Waals surface area contributed by atoms with Gasteiger partial charge in [-0.1, -0.05) is 24.3 Å². The van der Waals surface area contributed by atoms with Gasteiger partial charge in [0.15, 0.2) is 11.5 Å². The highest BCUT2D eigenvalue weighted by molar-refractivity contribution is 14.1. The van der Waals surface area contributed by atoms with Crippen LogP contribution in [-0.4, -0.2) is 35.9 Å². The lowest BCUT2D eigenvalue weighted by Crippen LogP contribution is -2.38. The van der Waals surface area contributed by atoms with E-state index in [0.717, 1.165) is 23.2 Å². The van der Waals surface area contributed by atoms with Gasteiger partial charge in [0, 0.05) is 9.26 Å². The van der Waals surface area contributed by atoms with Gasteiger partial charge in [0.05, 0.1) is 10.2 Å². The number of rotatable bonds is 9. The Bertz CT molecular complexity index is 1410. The maximum atomic E-state index is 12.9. The van der Waals surface area contributed by atoms with Crippen molar-refractivity contribution in [2.24, 2.45) is 0 Å². The van der Waals surface area contributed by atoms with E-state index in [1.54, 1.807) is 24.3 Å². The number of hydrogen-bond donors (Lipinski definition) is 2. The molecule has 0 bridgehead atoms. The summed E-state index contributed by atoms with van der Waals surface area (Å²) < 4.78 is 13.8. The van der Waals surface area contributed by atoms with Crippen molar-refractivity contribution in [3.05, 3.63) is 90.2 Å². The lowest BCUT2D eigenvalue weighted by atomic mass is 10.1. The van der Waals surface area contributed by atoms with Gasteiger partial charge in [0.1, 0.15) is 18.8 Å². The fourth-order valence-corrected chi connectivity index (χ4v) is 4.90. The van der Waals surface area contributed by atoms with E-state index in [9.17, 15) is 14.4 Å². The Labute approximate surface area is 248 Å². The van der Waals surface area contributed by atoms with Crippen LogP contribution in [0.2, 0.25) is 0 Å². The van der Waals surface area contributed by atoms with Crippen molar-refractivity contribution in [1.82, 2.24) is 10.2 Å². The van der Waals surface area contributed by atoms with Gasteiger partial charge in [-0.25, -0.2) is 9.69 Å². The van der Waals surface area contributed by atoms with Crippen LogP contribution in [-0.2, 0) is 16.2 Å². The Morgan fingerprint density at radius 1 is 1.05 bits per heavy atom. The SMILES string of the molecule is CCOc1cc(/C=C2/NC(=O)N(CC(=O)Nc3cccc(C)c3)C2=O)cc(I)c1OCc1ccc(I)cc1. The van der Waals surface area contributed by atoms with Crippen LogP contribution in [0, 0.1) is 14.1 Å². The standard InChI is InChI=1S/C28H25I2N3O5/c1-3-37-24-14-19(12-22(30)26(24)38-16-18-7-9-20(29)10-8-18)13-23-27(35)33(28(36)32-23)15-25(34)31-21-6-4-5-17(2)11-21/h4-14H,3,15-16H2,1-2H3,(H,31,34)(H,32,36)/b23-13+. The zero-order valence-corrected chi connectivity index (χ0v) is 25.0. The van der Waals surface area contributed by atoms with Gasteiger partial charge in [-0.15, -0.1) is 0 Å². The van der Waals surface area contributed by atoms with E-state index in [2.05, 4.69) is 55.8 Å². The number of carbonyl (C=O) groups is 3. The van der Waals surface area contributed by atoms with E-state index in [1.807, 2.05) is 56.3 Å². The molecule has 4 amide bonds. The van der Waals surface area contributed by atoms with E-state index >= 15 is 0 Å². The zero-order valence-electron chi connectivity index (χ0n) is 20.7. The van der Waals surface area contributed by atoms with Crippen LogP contribution in [0.4, 0.5) is 10.5 Å². The molecule has 0 radical (unpaired) electrons. The van der Waals surface area contributed by atoms with Crippen molar-refractivity contribution in [1.29, 1.82) is 0 Å². The molecule has 0 aromatic heterocycles. The van der Waals surface area contributed by atoms with E-state index in [4.69, 9.17) is 9.47 Å². The number of nitrogens with one attached hydrogen (secondary N) is 2. The fourth-order valence-electron chi connectivity index (χ4n) is 3.76. The van der Waals surface area contributed by atoms with E-state index in [0.29, 0.717) is 36.0 Å². The van der Waals surface area contributed by atoms with Crippen LogP contribution in [0.25, 0.3) is 6.08 Å². The molecule has 1 heterocycles. The number of anilines is 1. The summed E-state index contributed by atoms with van der Waals surface area (Å²) in [4.78, 5) is 38.8. The Kier molecular flexibility index (Phi) is 9.26. The summed E-state index contributed by atoms with van der Waals surface area (Å²) in [6.45, 7) is 4.19. The first kappa shape index (κ1) is 27.9. The molecule has 0 aliphatic carbocycles. The topological polar surface area (TPSA) is 97.0 Å². The van der Waals surface area contributed by atoms with Crippen molar-refractivity contribution in [3.8, 4) is 11.5 Å². The third kappa shape index (κ3) is 7.04. The number of carbonyl (C=O) groups excluding carboxylic acids is 3. The molecule has 38 heavy (non-hydrogen) atoms. The molecular weight excluding hydrogens is 712 g/mol. The number of imide groups is 1. The van der Waals surface area contributed by atoms with Crippen LogP contribution < -0.4 is 20.1 Å². The maximum absolute atomic E-state index is 12.9. The van der Waals surface area contributed by atoms with Gasteiger partial charge < -0.3 is 20.1 Å². The predicted molar refractivity (Wildman–Crippen MR) is 162 cm³/mol. The molecular formula is C28H25I2N3O5. The smallest absolute Gasteiger partial charge is 0.329 e. The minimum Gasteiger partial charge on any atom is -0.490 e. The third-order valence-corrected chi connectivity index (χ3v) is 7.03. The van der Waals surface area contributed by atoms with Crippen molar-refractivity contribution in [2.45, 2.75) is 20.5 Å². The zero-order chi connectivity index (χ0) is 27.2. The Balaban J connectivity index is 1.48. The van der Waals surface area contributed by atoms with Gasteiger partial charge in [0.2, 0.25) is 5.91 Å². The highest BCUT2D eigenvalue weighted by atomic mass is 127. The molecule has 0 atom stereocenters. The molecule has 8 nitrogen and oxygen atoms in total. The van der Waals surface area contributed by atoms with Crippen LogP contribution in [0.5, 0.6) is 11.5 Å². The fraction of sp³-hybridized carbons (Fsp3) is 0.179. The van der Waals surface area contributed by atoms with Gasteiger partial charge in [0.25, 0.3) is 5.91 Å². The molecule has 196 valence electrons. The highest BCUT2D eigenvalue weighted by Crippen LogP contribution is 2.35. The van der Waals surface area contributed by atoms with Crippen molar-refractivity contribution < 1.29 is 23.9 Å². The van der Waals surface area contributed by atoms with Gasteiger partial charge in [-0.2, -0.15) is 0 Å². The van der Waals surface area contributed by atoms with E-state index < -0.39 is 24.4 Å². The molecule has 1 saturated heterocycles. The average Bonchev–Trinajstić information content (AvgIpc) is 3.12. The summed E-state index contributed by atoms with van der Waals surface area (Å²) in [5, 5.41) is 5.27. The number of aryl methyl sites for hydroxylation is 1. The summed E-state index contributed by atoms with van der Waals surface area (Å²) in [6, 6.07) is 18.3. The number of amides is 4. The number of nitrogens with zero attached hydrogens (tertiary/aromatic N) is 1. The monoisotopic (exact) mass is 737 g/mol. The second-order valence-electron chi connectivity index (χ2n) is 8.48. The highest BCUT2D eigenvalue weighted by Gasteiger charge is 2.35. The average molecular weight is 737 g/mol. The summed E-state index contributed by atoms with van der Waals surface area (Å²) >= 11 is 4.41. The van der Waals surface area contributed by atoms with E-state index in [1.165, 1.54) is 0 Å². The minimum absolute atomic E-state index is 0.0733. The summed E-state index contributed by atoms with van der Waals surface area (Å²) in [6.07, 6.45) is 1.56. The van der Waals surface area contributed by atoms with E-state index in [-0.39, 0.29) is 5.70 Å². The lowest BCUT2D eigenvalue weighted by Gasteiger charge is -2.15. The molecule has 10 heteroatoms. The predicted octanol–water partition coefficient (Wildman–Crippen LogP) is 5.71. The number of halogens is 2. The molecule has 0 spiro atoms. The number of benzene rings is 3. The van der Waals surface area contributed by atoms with Crippen molar-refractivity contribution in [3.63, 3.8) is 0 Å². The van der Waals surface area contributed by atoms with Crippen LogP contribution >= 0.6 is 45.2 Å². The molecule has 2 N–H and O–H groups in total. The molecule has 0 saturated carbocycles. The summed E-state index contributed by atoms with van der Waals surface area (Å²) in [5.41, 5.74) is 3.33. The minimum atomic E-state index is -0.655. The second-order valence-corrected chi connectivity index (χ2v) is 10.9. The van der Waals surface area contributed by atoms with Crippen LogP contribution in [0.15, 0.2) is 66.4 Å². The first-order valence-corrected chi connectivity index (χ1v) is 13.9. The molecule has 4 rings (SSSR count). The number of ether oxygens (including phenoxy) is 2. The second kappa shape index (κ2) is 12.6. The molecule has 3 aromatic carbocycles. The van der Waals surface area contributed by atoms with Gasteiger partial charge in [-0.05, 0) is 118 Å². The first-order chi connectivity index (χ1) is 18.2. The first-order valence-electron chi connectivity index (χ1n) is 11.8. The Morgan fingerprint density at radius 3 is 2.53 bits per heavy atom. The van der Waals surface area contributed by atoms with Gasteiger partial charge >= 0.3 is 6.03 Å². The Hall–Kier alpha value is -3.13.